The monoisotopic (exact) mass is 396 g/mol. The van der Waals surface area contributed by atoms with Crippen LogP contribution in [0.15, 0.2) is 29.2 Å². The molecule has 148 valence electrons. The Morgan fingerprint density at radius 1 is 1.22 bits per heavy atom. The normalized spacial score (nSPS) is 24.3. The second-order valence-electron chi connectivity index (χ2n) is 7.01. The lowest BCUT2D eigenvalue weighted by Crippen LogP contribution is -2.51. The Hall–Kier alpha value is -2.04. The van der Waals surface area contributed by atoms with Crippen molar-refractivity contribution < 1.29 is 18.1 Å². The van der Waals surface area contributed by atoms with Crippen molar-refractivity contribution in [3.8, 4) is 0 Å². The molecule has 2 fully saturated rings. The molecule has 1 aromatic rings. The first kappa shape index (κ1) is 19.7. The summed E-state index contributed by atoms with van der Waals surface area (Å²) < 4.78 is 27.0. The SMILES string of the molecule is O=C(N[C@H]1CCCNC1)C1CCCN(S(=O)(=O)c2ccc([N+](=O)[O-])cc2)C1. The van der Waals surface area contributed by atoms with Crippen molar-refractivity contribution in [2.24, 2.45) is 5.92 Å². The number of hydrogen-bond donors (Lipinski definition) is 2. The zero-order chi connectivity index (χ0) is 19.4. The summed E-state index contributed by atoms with van der Waals surface area (Å²) in [6.45, 7) is 2.17. The van der Waals surface area contributed by atoms with Gasteiger partial charge in [-0.3, -0.25) is 14.9 Å². The van der Waals surface area contributed by atoms with Crippen molar-refractivity contribution in [3.63, 3.8) is 0 Å². The van der Waals surface area contributed by atoms with Gasteiger partial charge in [-0.05, 0) is 44.4 Å². The summed E-state index contributed by atoms with van der Waals surface area (Å²) in [7, 11) is -3.79. The van der Waals surface area contributed by atoms with Crippen LogP contribution in [-0.4, -0.2) is 55.8 Å². The highest BCUT2D eigenvalue weighted by Gasteiger charge is 2.34. The highest BCUT2D eigenvalue weighted by atomic mass is 32.2. The number of nitrogens with zero attached hydrogens (tertiary/aromatic N) is 2. The minimum atomic E-state index is -3.79. The Kier molecular flexibility index (Phi) is 6.08. The molecule has 9 nitrogen and oxygen atoms in total. The molecule has 2 heterocycles. The summed E-state index contributed by atoms with van der Waals surface area (Å²) >= 11 is 0. The number of benzene rings is 1. The quantitative estimate of drug-likeness (QED) is 0.562. The van der Waals surface area contributed by atoms with Crippen molar-refractivity contribution in [2.45, 2.75) is 36.6 Å². The second-order valence-corrected chi connectivity index (χ2v) is 8.94. The number of rotatable bonds is 5. The number of nitro groups is 1. The lowest BCUT2D eigenvalue weighted by molar-refractivity contribution is -0.384. The minimum absolute atomic E-state index is 0.00522. The molecule has 10 heteroatoms. The molecule has 2 aliphatic heterocycles. The number of amides is 1. The van der Waals surface area contributed by atoms with E-state index < -0.39 is 14.9 Å². The standard InChI is InChI=1S/C17H24N4O5S/c22-17(19-14-4-1-9-18-11-14)13-3-2-10-20(12-13)27(25,26)16-7-5-15(6-8-16)21(23)24/h5-8,13-14,18H,1-4,9-12H2,(H,19,22)/t13?,14-/m0/s1. The van der Waals surface area contributed by atoms with Crippen molar-refractivity contribution in [1.29, 1.82) is 0 Å². The van der Waals surface area contributed by atoms with Gasteiger partial charge >= 0.3 is 0 Å². The predicted molar refractivity (Wildman–Crippen MR) is 98.6 cm³/mol. The fourth-order valence-electron chi connectivity index (χ4n) is 3.56. The molecule has 0 saturated carbocycles. The van der Waals surface area contributed by atoms with Crippen LogP contribution in [0.3, 0.4) is 0 Å². The average Bonchev–Trinajstić information content (AvgIpc) is 2.69. The summed E-state index contributed by atoms with van der Waals surface area (Å²) in [6.07, 6.45) is 3.19. The van der Waals surface area contributed by atoms with E-state index >= 15 is 0 Å². The van der Waals surface area contributed by atoms with Gasteiger partial charge < -0.3 is 10.6 Å². The van der Waals surface area contributed by atoms with Crippen molar-refractivity contribution in [3.05, 3.63) is 34.4 Å². The lowest BCUT2D eigenvalue weighted by Gasteiger charge is -2.32. The molecule has 0 bridgehead atoms. The first-order valence-electron chi connectivity index (χ1n) is 9.13. The highest BCUT2D eigenvalue weighted by Crippen LogP contribution is 2.25. The molecule has 2 saturated heterocycles. The van der Waals surface area contributed by atoms with Crippen LogP contribution in [0.2, 0.25) is 0 Å². The van der Waals surface area contributed by atoms with E-state index in [2.05, 4.69) is 10.6 Å². The van der Waals surface area contributed by atoms with Crippen LogP contribution in [0.1, 0.15) is 25.7 Å². The Balaban J connectivity index is 1.67. The van der Waals surface area contributed by atoms with Crippen LogP contribution in [0, 0.1) is 16.0 Å². The molecular weight excluding hydrogens is 372 g/mol. The average molecular weight is 396 g/mol. The predicted octanol–water partition coefficient (Wildman–Crippen LogP) is 0.864. The van der Waals surface area contributed by atoms with Crippen LogP contribution in [-0.2, 0) is 14.8 Å². The summed E-state index contributed by atoms with van der Waals surface area (Å²) in [4.78, 5) is 22.7. The topological polar surface area (TPSA) is 122 Å². The molecule has 1 aromatic carbocycles. The molecule has 27 heavy (non-hydrogen) atoms. The smallest absolute Gasteiger partial charge is 0.269 e. The Labute approximate surface area is 158 Å². The Bertz CT molecular complexity index is 790. The van der Waals surface area contributed by atoms with Crippen LogP contribution in [0.5, 0.6) is 0 Å². The first-order chi connectivity index (χ1) is 12.9. The van der Waals surface area contributed by atoms with E-state index in [1.54, 1.807) is 0 Å². The zero-order valence-electron chi connectivity index (χ0n) is 15.0. The fourth-order valence-corrected chi connectivity index (χ4v) is 5.08. The number of carbonyl (C=O) groups is 1. The molecule has 0 spiro atoms. The number of carbonyl (C=O) groups excluding carboxylic acids is 1. The fraction of sp³-hybridized carbons (Fsp3) is 0.588. The molecule has 0 radical (unpaired) electrons. The van der Waals surface area contributed by atoms with Crippen molar-refractivity contribution >= 4 is 21.6 Å². The molecule has 1 amide bonds. The minimum Gasteiger partial charge on any atom is -0.352 e. The van der Waals surface area contributed by atoms with Gasteiger partial charge in [0.2, 0.25) is 15.9 Å². The Morgan fingerprint density at radius 2 is 1.96 bits per heavy atom. The molecule has 0 aliphatic carbocycles. The van der Waals surface area contributed by atoms with E-state index in [4.69, 9.17) is 0 Å². The lowest BCUT2D eigenvalue weighted by atomic mass is 9.97. The summed E-state index contributed by atoms with van der Waals surface area (Å²) in [5.74, 6) is -0.485. The number of piperidine rings is 2. The molecule has 2 aliphatic rings. The maximum atomic E-state index is 12.8. The number of hydrogen-bond acceptors (Lipinski definition) is 6. The third-order valence-electron chi connectivity index (χ3n) is 5.08. The Morgan fingerprint density at radius 3 is 2.59 bits per heavy atom. The van der Waals surface area contributed by atoms with E-state index in [0.717, 1.165) is 25.9 Å². The van der Waals surface area contributed by atoms with Gasteiger partial charge in [0.15, 0.2) is 0 Å². The molecule has 2 N–H and O–H groups in total. The highest BCUT2D eigenvalue weighted by molar-refractivity contribution is 7.89. The van der Waals surface area contributed by atoms with Gasteiger partial charge in [0.05, 0.1) is 15.7 Å². The van der Waals surface area contributed by atoms with Gasteiger partial charge in [-0.1, -0.05) is 0 Å². The first-order valence-corrected chi connectivity index (χ1v) is 10.6. The molecule has 0 aromatic heterocycles. The second kappa shape index (κ2) is 8.32. The summed E-state index contributed by atoms with van der Waals surface area (Å²) in [6, 6.07) is 4.93. The van der Waals surface area contributed by atoms with E-state index in [0.29, 0.717) is 19.4 Å². The molecule has 1 unspecified atom stereocenters. The van der Waals surface area contributed by atoms with E-state index in [-0.39, 0.29) is 35.0 Å². The van der Waals surface area contributed by atoms with Crippen LogP contribution in [0.25, 0.3) is 0 Å². The number of sulfonamides is 1. The van der Waals surface area contributed by atoms with Crippen LogP contribution >= 0.6 is 0 Å². The number of nitrogens with one attached hydrogen (secondary N) is 2. The third kappa shape index (κ3) is 4.63. The van der Waals surface area contributed by atoms with Gasteiger partial charge in [0.25, 0.3) is 5.69 Å². The van der Waals surface area contributed by atoms with E-state index in [1.807, 2.05) is 0 Å². The van der Waals surface area contributed by atoms with Crippen LogP contribution in [0.4, 0.5) is 5.69 Å². The maximum Gasteiger partial charge on any atom is 0.269 e. The summed E-state index contributed by atoms with van der Waals surface area (Å²) in [5, 5.41) is 17.0. The summed E-state index contributed by atoms with van der Waals surface area (Å²) in [5.41, 5.74) is -0.161. The van der Waals surface area contributed by atoms with Gasteiger partial charge in [-0.25, -0.2) is 8.42 Å². The number of nitro benzene ring substituents is 1. The molecule has 3 rings (SSSR count). The third-order valence-corrected chi connectivity index (χ3v) is 6.96. The maximum absolute atomic E-state index is 12.8. The van der Waals surface area contributed by atoms with Crippen molar-refractivity contribution in [2.75, 3.05) is 26.2 Å². The van der Waals surface area contributed by atoms with E-state index in [1.165, 1.54) is 28.6 Å². The van der Waals surface area contributed by atoms with Gasteiger partial charge in [-0.15, -0.1) is 0 Å². The van der Waals surface area contributed by atoms with Crippen molar-refractivity contribution in [1.82, 2.24) is 14.9 Å². The molecule has 2 atom stereocenters. The zero-order valence-corrected chi connectivity index (χ0v) is 15.8. The van der Waals surface area contributed by atoms with Gasteiger partial charge in [0.1, 0.15) is 0 Å². The van der Waals surface area contributed by atoms with Gasteiger partial charge in [0, 0.05) is 37.8 Å². The largest absolute Gasteiger partial charge is 0.352 e. The van der Waals surface area contributed by atoms with E-state index in [9.17, 15) is 23.3 Å². The molecular formula is C17H24N4O5S. The number of non-ortho nitro benzene ring substituents is 1. The van der Waals surface area contributed by atoms with Crippen LogP contribution < -0.4 is 10.6 Å². The van der Waals surface area contributed by atoms with Gasteiger partial charge in [-0.2, -0.15) is 4.31 Å².